The number of unbranched alkanes of at least 4 members (excludes halogenated alkanes) is 6. The van der Waals surface area contributed by atoms with Crippen LogP contribution in [0.25, 0.3) is 0 Å². The van der Waals surface area contributed by atoms with Crippen molar-refractivity contribution in [2.75, 3.05) is 11.4 Å². The molecule has 1 aromatic rings. The number of hydrogen-bond donors (Lipinski definition) is 0. The van der Waals surface area contributed by atoms with Crippen LogP contribution in [0.5, 0.6) is 0 Å². The molecule has 0 atom stereocenters. The first-order valence-corrected chi connectivity index (χ1v) is 8.21. The Kier molecular flexibility index (Phi) is 6.10. The maximum Gasteiger partial charge on any atom is 0.226 e. The van der Waals surface area contributed by atoms with E-state index in [-0.39, 0.29) is 0 Å². The van der Waals surface area contributed by atoms with E-state index >= 15 is 0 Å². The second kappa shape index (κ2) is 8.08. The third-order valence-electron chi connectivity index (χ3n) is 4.18. The van der Waals surface area contributed by atoms with Crippen LogP contribution < -0.4 is 4.90 Å². The molecule has 1 aromatic carbocycles. The third kappa shape index (κ3) is 4.09. The largest absolute Gasteiger partial charge is 0.312 e. The van der Waals surface area contributed by atoms with E-state index in [0.717, 1.165) is 25.1 Å². The fourth-order valence-electron chi connectivity index (χ4n) is 2.97. The quantitative estimate of drug-likeness (QED) is 0.628. The number of fused-ring (bicyclic) bond motifs is 1. The van der Waals surface area contributed by atoms with Gasteiger partial charge in [0.15, 0.2) is 0 Å². The van der Waals surface area contributed by atoms with Gasteiger partial charge in [-0.05, 0) is 24.5 Å². The summed E-state index contributed by atoms with van der Waals surface area (Å²) in [6, 6.07) is 8.29. The second-order valence-electron chi connectivity index (χ2n) is 5.80. The summed E-state index contributed by atoms with van der Waals surface area (Å²) in [5.41, 5.74) is 2.46. The number of amides is 1. The average molecular weight is 273 g/mol. The van der Waals surface area contributed by atoms with Crippen molar-refractivity contribution in [2.24, 2.45) is 0 Å². The molecule has 0 saturated carbocycles. The predicted molar refractivity (Wildman–Crippen MR) is 85.1 cm³/mol. The highest BCUT2D eigenvalue weighted by molar-refractivity contribution is 5.95. The van der Waals surface area contributed by atoms with E-state index in [1.807, 2.05) is 11.0 Å². The molecule has 0 radical (unpaired) electrons. The molecule has 2 rings (SSSR count). The zero-order valence-electron chi connectivity index (χ0n) is 12.7. The highest BCUT2D eigenvalue weighted by Gasteiger charge is 2.23. The minimum Gasteiger partial charge on any atom is -0.312 e. The van der Waals surface area contributed by atoms with Crippen molar-refractivity contribution in [2.45, 2.75) is 64.7 Å². The van der Waals surface area contributed by atoms with E-state index in [4.69, 9.17) is 0 Å². The first-order chi connectivity index (χ1) is 9.83. The van der Waals surface area contributed by atoms with Crippen molar-refractivity contribution < 1.29 is 4.79 Å². The molecule has 2 heteroatoms. The normalized spacial score (nSPS) is 13.6. The molecule has 0 aromatic heterocycles. The molecule has 1 heterocycles. The molecule has 1 aliphatic rings. The summed E-state index contributed by atoms with van der Waals surface area (Å²) in [6.45, 7) is 3.11. The highest BCUT2D eigenvalue weighted by Crippen LogP contribution is 2.28. The summed E-state index contributed by atoms with van der Waals surface area (Å²) in [5, 5.41) is 0. The molecule has 0 spiro atoms. The monoisotopic (exact) mass is 273 g/mol. The van der Waals surface area contributed by atoms with Gasteiger partial charge in [-0.15, -0.1) is 0 Å². The zero-order valence-corrected chi connectivity index (χ0v) is 12.7. The average Bonchev–Trinajstić information content (AvgIpc) is 2.90. The Morgan fingerprint density at radius 2 is 1.75 bits per heavy atom. The van der Waals surface area contributed by atoms with Gasteiger partial charge >= 0.3 is 0 Å². The SMILES string of the molecule is CCCCCCCCCC(=O)N1CCc2ccccc21. The summed E-state index contributed by atoms with van der Waals surface area (Å²) >= 11 is 0. The Bertz CT molecular complexity index is 427. The Balaban J connectivity index is 1.66. The smallest absolute Gasteiger partial charge is 0.226 e. The van der Waals surface area contributed by atoms with Crippen LogP contribution in [0.2, 0.25) is 0 Å². The van der Waals surface area contributed by atoms with Crippen molar-refractivity contribution in [3.05, 3.63) is 29.8 Å². The molecule has 0 saturated heterocycles. The standard InChI is InChI=1S/C18H27NO/c1-2-3-4-5-6-7-8-13-18(20)19-15-14-16-11-9-10-12-17(16)19/h9-12H,2-8,13-15H2,1H3. The zero-order chi connectivity index (χ0) is 14.2. The highest BCUT2D eigenvalue weighted by atomic mass is 16.2. The lowest BCUT2D eigenvalue weighted by Gasteiger charge is -2.17. The van der Waals surface area contributed by atoms with Gasteiger partial charge in [0.2, 0.25) is 5.91 Å². The van der Waals surface area contributed by atoms with Gasteiger partial charge in [-0.1, -0.05) is 63.6 Å². The summed E-state index contributed by atoms with van der Waals surface area (Å²) in [4.78, 5) is 14.2. The maximum atomic E-state index is 12.3. The molecular weight excluding hydrogens is 246 g/mol. The van der Waals surface area contributed by atoms with Crippen molar-refractivity contribution >= 4 is 11.6 Å². The van der Waals surface area contributed by atoms with E-state index < -0.39 is 0 Å². The van der Waals surface area contributed by atoms with Gasteiger partial charge in [0.25, 0.3) is 0 Å². The topological polar surface area (TPSA) is 20.3 Å². The number of hydrogen-bond acceptors (Lipinski definition) is 1. The van der Waals surface area contributed by atoms with Gasteiger partial charge in [-0.25, -0.2) is 0 Å². The fourth-order valence-corrected chi connectivity index (χ4v) is 2.97. The van der Waals surface area contributed by atoms with E-state index in [1.165, 1.54) is 44.1 Å². The van der Waals surface area contributed by atoms with Crippen molar-refractivity contribution in [1.82, 2.24) is 0 Å². The van der Waals surface area contributed by atoms with Crippen LogP contribution in [0.4, 0.5) is 5.69 Å². The van der Waals surface area contributed by atoms with Gasteiger partial charge in [0.05, 0.1) is 0 Å². The summed E-state index contributed by atoms with van der Waals surface area (Å²) < 4.78 is 0. The van der Waals surface area contributed by atoms with Crippen LogP contribution in [0.3, 0.4) is 0 Å². The van der Waals surface area contributed by atoms with E-state index in [1.54, 1.807) is 0 Å². The van der Waals surface area contributed by atoms with E-state index in [0.29, 0.717) is 12.3 Å². The van der Waals surface area contributed by atoms with Crippen LogP contribution in [0.15, 0.2) is 24.3 Å². The maximum absolute atomic E-state index is 12.3. The molecule has 20 heavy (non-hydrogen) atoms. The van der Waals surface area contributed by atoms with Crippen molar-refractivity contribution in [1.29, 1.82) is 0 Å². The Hall–Kier alpha value is -1.31. The number of carbonyl (C=O) groups excluding carboxylic acids is 1. The van der Waals surface area contributed by atoms with E-state index in [2.05, 4.69) is 25.1 Å². The lowest BCUT2D eigenvalue weighted by atomic mass is 10.1. The third-order valence-corrected chi connectivity index (χ3v) is 4.18. The first kappa shape index (κ1) is 15.1. The molecule has 0 N–H and O–H groups in total. The fraction of sp³-hybridized carbons (Fsp3) is 0.611. The molecule has 2 nitrogen and oxygen atoms in total. The second-order valence-corrected chi connectivity index (χ2v) is 5.80. The number of anilines is 1. The number of para-hydroxylation sites is 1. The molecule has 0 fully saturated rings. The van der Waals surface area contributed by atoms with Gasteiger partial charge in [-0.2, -0.15) is 0 Å². The molecule has 0 bridgehead atoms. The summed E-state index contributed by atoms with van der Waals surface area (Å²) in [5.74, 6) is 0.309. The minimum absolute atomic E-state index is 0.309. The summed E-state index contributed by atoms with van der Waals surface area (Å²) in [6.07, 6.45) is 10.6. The molecule has 0 unspecified atom stereocenters. The molecule has 0 aliphatic carbocycles. The van der Waals surface area contributed by atoms with Crippen LogP contribution >= 0.6 is 0 Å². The number of nitrogens with zero attached hydrogens (tertiary/aromatic N) is 1. The molecular formula is C18H27NO. The molecule has 1 amide bonds. The van der Waals surface area contributed by atoms with Crippen molar-refractivity contribution in [3.63, 3.8) is 0 Å². The number of carbonyl (C=O) groups is 1. The van der Waals surface area contributed by atoms with Gasteiger partial charge in [0.1, 0.15) is 0 Å². The lowest BCUT2D eigenvalue weighted by molar-refractivity contribution is -0.118. The number of benzene rings is 1. The van der Waals surface area contributed by atoms with Crippen LogP contribution in [-0.2, 0) is 11.2 Å². The minimum atomic E-state index is 0.309. The van der Waals surface area contributed by atoms with Crippen LogP contribution in [0.1, 0.15) is 63.9 Å². The molecule has 110 valence electrons. The summed E-state index contributed by atoms with van der Waals surface area (Å²) in [7, 11) is 0. The Morgan fingerprint density at radius 3 is 2.55 bits per heavy atom. The number of rotatable bonds is 8. The first-order valence-electron chi connectivity index (χ1n) is 8.21. The van der Waals surface area contributed by atoms with Gasteiger partial charge in [0, 0.05) is 18.7 Å². The van der Waals surface area contributed by atoms with Gasteiger partial charge in [-0.3, -0.25) is 4.79 Å². The molecule has 1 aliphatic heterocycles. The lowest BCUT2D eigenvalue weighted by Crippen LogP contribution is -2.28. The Labute approximate surface area is 123 Å². The predicted octanol–water partition coefficient (Wildman–Crippen LogP) is 4.72. The van der Waals surface area contributed by atoms with Crippen molar-refractivity contribution in [3.8, 4) is 0 Å². The Morgan fingerprint density at radius 1 is 1.05 bits per heavy atom. The van der Waals surface area contributed by atoms with E-state index in [9.17, 15) is 4.79 Å². The van der Waals surface area contributed by atoms with Gasteiger partial charge < -0.3 is 4.90 Å². The van der Waals surface area contributed by atoms with Crippen LogP contribution in [0, 0.1) is 0 Å². The van der Waals surface area contributed by atoms with Crippen LogP contribution in [-0.4, -0.2) is 12.5 Å².